The summed E-state index contributed by atoms with van der Waals surface area (Å²) in [5.74, 6) is -0.186. The first-order valence-corrected chi connectivity index (χ1v) is 7.99. The van der Waals surface area contributed by atoms with E-state index in [2.05, 4.69) is 15.7 Å². The summed E-state index contributed by atoms with van der Waals surface area (Å²) in [6.07, 6.45) is 2.58. The number of halogens is 1. The second kappa shape index (κ2) is 5.63. The predicted octanol–water partition coefficient (Wildman–Crippen LogP) is 1.39. The van der Waals surface area contributed by atoms with Crippen molar-refractivity contribution >= 4 is 17.5 Å². The van der Waals surface area contributed by atoms with Gasteiger partial charge in [-0.05, 0) is 18.2 Å². The topological polar surface area (TPSA) is 68.2 Å². The summed E-state index contributed by atoms with van der Waals surface area (Å²) in [5, 5.41) is 11.1. The Bertz CT molecular complexity index is 741. The Labute approximate surface area is 138 Å². The van der Waals surface area contributed by atoms with Gasteiger partial charge < -0.3 is 15.4 Å². The summed E-state index contributed by atoms with van der Waals surface area (Å²) >= 11 is 6.16. The Morgan fingerprint density at radius 3 is 2.91 bits per heavy atom. The molecule has 120 valence electrons. The SMILES string of the molecule is O=C(NC1COC2(CNC2)C1)c1ccn(-c2ccccc2Cl)n1. The summed E-state index contributed by atoms with van der Waals surface area (Å²) in [7, 11) is 0. The molecule has 0 radical (unpaired) electrons. The molecular formula is C16H17ClN4O2. The van der Waals surface area contributed by atoms with Crippen LogP contribution in [-0.2, 0) is 4.74 Å². The minimum absolute atomic E-state index is 0.0371. The summed E-state index contributed by atoms with van der Waals surface area (Å²) in [4.78, 5) is 12.4. The van der Waals surface area contributed by atoms with E-state index in [0.717, 1.165) is 25.2 Å². The Kier molecular flexibility index (Phi) is 3.60. The number of rotatable bonds is 3. The maximum atomic E-state index is 12.4. The molecule has 2 aromatic rings. The Morgan fingerprint density at radius 2 is 2.22 bits per heavy atom. The van der Waals surface area contributed by atoms with Gasteiger partial charge in [0.05, 0.1) is 29.0 Å². The van der Waals surface area contributed by atoms with Crippen LogP contribution in [0.15, 0.2) is 36.5 Å². The zero-order chi connectivity index (χ0) is 15.9. The van der Waals surface area contributed by atoms with Crippen LogP contribution in [0.3, 0.4) is 0 Å². The number of amides is 1. The molecule has 1 atom stereocenters. The number of hydrogen-bond donors (Lipinski definition) is 2. The molecule has 1 aromatic carbocycles. The van der Waals surface area contributed by atoms with Gasteiger partial charge in [0, 0.05) is 25.7 Å². The lowest BCUT2D eigenvalue weighted by molar-refractivity contribution is -0.0360. The molecule has 1 spiro atoms. The molecule has 4 rings (SSSR count). The van der Waals surface area contributed by atoms with Gasteiger partial charge in [-0.15, -0.1) is 0 Å². The van der Waals surface area contributed by atoms with Crippen molar-refractivity contribution in [3.05, 3.63) is 47.2 Å². The molecule has 0 saturated carbocycles. The van der Waals surface area contributed by atoms with Gasteiger partial charge in [0.2, 0.25) is 0 Å². The normalized spacial score (nSPS) is 22.0. The van der Waals surface area contributed by atoms with E-state index in [-0.39, 0.29) is 17.6 Å². The zero-order valence-corrected chi connectivity index (χ0v) is 13.2. The number of para-hydroxylation sites is 1. The number of benzene rings is 1. The van der Waals surface area contributed by atoms with Crippen LogP contribution in [0.4, 0.5) is 0 Å². The number of carbonyl (C=O) groups is 1. The molecule has 1 amide bonds. The van der Waals surface area contributed by atoms with Gasteiger partial charge in [0.25, 0.3) is 5.91 Å². The Balaban J connectivity index is 1.44. The molecule has 0 aliphatic carbocycles. The number of aromatic nitrogens is 2. The molecule has 1 aromatic heterocycles. The first-order chi connectivity index (χ1) is 11.2. The molecule has 2 aliphatic rings. The van der Waals surface area contributed by atoms with E-state index in [4.69, 9.17) is 16.3 Å². The van der Waals surface area contributed by atoms with Gasteiger partial charge in [-0.2, -0.15) is 5.10 Å². The lowest BCUT2D eigenvalue weighted by Gasteiger charge is -2.38. The molecule has 2 N–H and O–H groups in total. The second-order valence-corrected chi connectivity index (χ2v) is 6.48. The van der Waals surface area contributed by atoms with Crippen LogP contribution < -0.4 is 10.6 Å². The Morgan fingerprint density at radius 1 is 1.39 bits per heavy atom. The number of carbonyl (C=O) groups excluding carboxylic acids is 1. The monoisotopic (exact) mass is 332 g/mol. The van der Waals surface area contributed by atoms with Crippen molar-refractivity contribution in [2.75, 3.05) is 19.7 Å². The lowest BCUT2D eigenvalue weighted by atomic mass is 9.92. The molecule has 23 heavy (non-hydrogen) atoms. The van der Waals surface area contributed by atoms with Gasteiger partial charge in [-0.3, -0.25) is 4.79 Å². The van der Waals surface area contributed by atoms with Crippen molar-refractivity contribution < 1.29 is 9.53 Å². The molecule has 2 saturated heterocycles. The van der Waals surface area contributed by atoms with E-state index in [9.17, 15) is 4.79 Å². The van der Waals surface area contributed by atoms with Crippen LogP contribution >= 0.6 is 11.6 Å². The number of nitrogens with one attached hydrogen (secondary N) is 2. The fraction of sp³-hybridized carbons (Fsp3) is 0.375. The molecule has 7 heteroatoms. The van der Waals surface area contributed by atoms with Crippen molar-refractivity contribution in [1.29, 1.82) is 0 Å². The van der Waals surface area contributed by atoms with E-state index >= 15 is 0 Å². The summed E-state index contributed by atoms with van der Waals surface area (Å²) in [6.45, 7) is 2.28. The maximum absolute atomic E-state index is 12.4. The predicted molar refractivity (Wildman–Crippen MR) is 86.0 cm³/mol. The maximum Gasteiger partial charge on any atom is 0.272 e. The average Bonchev–Trinajstić information content (AvgIpc) is 3.14. The fourth-order valence-corrected chi connectivity index (χ4v) is 3.29. The van der Waals surface area contributed by atoms with Crippen molar-refractivity contribution in [3.63, 3.8) is 0 Å². The third-order valence-electron chi connectivity index (χ3n) is 4.36. The van der Waals surface area contributed by atoms with Gasteiger partial charge in [0.15, 0.2) is 5.69 Å². The van der Waals surface area contributed by atoms with E-state index in [1.54, 1.807) is 23.0 Å². The van der Waals surface area contributed by atoms with Gasteiger partial charge in [0.1, 0.15) is 0 Å². The van der Waals surface area contributed by atoms with Crippen LogP contribution in [-0.4, -0.2) is 47.0 Å². The summed E-state index contributed by atoms with van der Waals surface area (Å²) in [6, 6.07) is 9.11. The van der Waals surface area contributed by atoms with E-state index < -0.39 is 0 Å². The second-order valence-electron chi connectivity index (χ2n) is 6.07. The summed E-state index contributed by atoms with van der Waals surface area (Å²) < 4.78 is 7.41. The fourth-order valence-electron chi connectivity index (χ4n) is 3.06. The number of ether oxygens (including phenoxy) is 1. The van der Waals surface area contributed by atoms with Gasteiger partial charge in [-0.25, -0.2) is 4.68 Å². The highest BCUT2D eigenvalue weighted by Gasteiger charge is 2.45. The minimum atomic E-state index is -0.186. The standard InChI is InChI=1S/C16H17ClN4O2/c17-12-3-1-2-4-14(12)21-6-5-13(20-21)15(22)19-11-7-16(23-8-11)9-18-10-16/h1-6,11,18H,7-10H2,(H,19,22). The van der Waals surface area contributed by atoms with Crippen LogP contribution in [0.5, 0.6) is 0 Å². The number of nitrogens with zero attached hydrogens (tertiary/aromatic N) is 2. The van der Waals surface area contributed by atoms with Crippen molar-refractivity contribution in [1.82, 2.24) is 20.4 Å². The van der Waals surface area contributed by atoms with Crippen LogP contribution in [0.2, 0.25) is 5.02 Å². The zero-order valence-electron chi connectivity index (χ0n) is 12.5. The first-order valence-electron chi connectivity index (χ1n) is 7.61. The molecule has 2 aliphatic heterocycles. The van der Waals surface area contributed by atoms with Crippen molar-refractivity contribution in [2.45, 2.75) is 18.1 Å². The average molecular weight is 333 g/mol. The molecule has 0 bridgehead atoms. The van der Waals surface area contributed by atoms with E-state index in [1.807, 2.05) is 18.2 Å². The highest BCUT2D eigenvalue weighted by Crippen LogP contribution is 2.29. The minimum Gasteiger partial charge on any atom is -0.370 e. The number of hydrogen-bond acceptors (Lipinski definition) is 4. The van der Waals surface area contributed by atoms with Gasteiger partial charge >= 0.3 is 0 Å². The Hall–Kier alpha value is -1.89. The van der Waals surface area contributed by atoms with Crippen LogP contribution in [0.25, 0.3) is 5.69 Å². The van der Waals surface area contributed by atoms with Crippen molar-refractivity contribution in [2.24, 2.45) is 0 Å². The molecule has 2 fully saturated rings. The van der Waals surface area contributed by atoms with E-state index in [0.29, 0.717) is 17.3 Å². The van der Waals surface area contributed by atoms with Crippen LogP contribution in [0, 0.1) is 0 Å². The first kappa shape index (κ1) is 14.7. The largest absolute Gasteiger partial charge is 0.370 e. The third kappa shape index (κ3) is 2.73. The molecular weight excluding hydrogens is 316 g/mol. The third-order valence-corrected chi connectivity index (χ3v) is 4.68. The van der Waals surface area contributed by atoms with Crippen molar-refractivity contribution in [3.8, 4) is 5.69 Å². The molecule has 1 unspecified atom stereocenters. The lowest BCUT2D eigenvalue weighted by Crippen LogP contribution is -2.59. The van der Waals surface area contributed by atoms with E-state index in [1.165, 1.54) is 0 Å². The molecule has 3 heterocycles. The quantitative estimate of drug-likeness (QED) is 0.891. The highest BCUT2D eigenvalue weighted by molar-refractivity contribution is 6.32. The molecule has 6 nitrogen and oxygen atoms in total. The highest BCUT2D eigenvalue weighted by atomic mass is 35.5. The summed E-state index contributed by atoms with van der Waals surface area (Å²) in [5.41, 5.74) is 1.05. The smallest absolute Gasteiger partial charge is 0.272 e. The van der Waals surface area contributed by atoms with Gasteiger partial charge in [-0.1, -0.05) is 23.7 Å². The van der Waals surface area contributed by atoms with Crippen LogP contribution in [0.1, 0.15) is 16.9 Å².